The van der Waals surface area contributed by atoms with Crippen molar-refractivity contribution in [2.24, 2.45) is 45.3 Å². The summed E-state index contributed by atoms with van der Waals surface area (Å²) in [6, 6.07) is 37.8. The third-order valence-electron chi connectivity index (χ3n) is 22.8. The third kappa shape index (κ3) is 25.1. The van der Waals surface area contributed by atoms with Crippen LogP contribution >= 0.6 is 78.2 Å². The maximum atomic E-state index is 13.3. The van der Waals surface area contributed by atoms with Crippen LogP contribution in [0.2, 0.25) is 0 Å². The Morgan fingerprint density at radius 2 is 1.19 bits per heavy atom. The molecule has 12 rings (SSSR count). The Balaban J connectivity index is 0.000000211. The van der Waals surface area contributed by atoms with Crippen molar-refractivity contribution in [1.29, 1.82) is 0 Å². The second-order valence-corrected chi connectivity index (χ2v) is 39.4. The molecule has 0 saturated heterocycles. The fourth-order valence-corrected chi connectivity index (χ4v) is 21.4. The number of anilines is 1. The first-order valence-electron chi connectivity index (χ1n) is 38.1. The minimum Gasteiger partial charge on any atom is -0.748 e. The lowest BCUT2D eigenvalue weighted by molar-refractivity contribution is -0.311. The SMILES string of the molecule is C#CC1(OC(=O)C(C)(C)CC)CCC(C)CC1.CCC(C)(C)C(=O)OC1(C)CCCC1.CCC(C)(C)C(=O)OC12CC3CC(C1)CC(C(=O)OC(CS(=O)(=O)[O-])C(F)(F)F)(C3)C2.CCC(C)c1cccc(O)c1.CCC(Cc1c(I)cc(I)c(N)c1I)C(=O)[O-].c1ccc(-[s+]2c3ccccc3c3ccccc32)cc1. The Morgan fingerprint density at radius 3 is 1.65 bits per heavy atom. The van der Waals surface area contributed by atoms with Crippen LogP contribution in [-0.4, -0.2) is 82.8 Å². The first kappa shape index (κ1) is 92.6. The van der Waals surface area contributed by atoms with E-state index in [1.54, 1.807) is 19.9 Å². The van der Waals surface area contributed by atoms with Gasteiger partial charge in [-0.05, 0) is 328 Å². The molecule has 1 heterocycles. The van der Waals surface area contributed by atoms with Gasteiger partial charge in [0.15, 0.2) is 19.9 Å². The Hall–Kier alpha value is -5.28. The largest absolute Gasteiger partial charge is 0.748 e. The molecule has 23 heteroatoms. The predicted molar refractivity (Wildman–Crippen MR) is 450 cm³/mol. The summed E-state index contributed by atoms with van der Waals surface area (Å²) in [5.74, 6) is -0.758. The minimum atomic E-state index is -5.27. The summed E-state index contributed by atoms with van der Waals surface area (Å²) < 4.78 is 100. The molecule has 6 aromatic rings. The van der Waals surface area contributed by atoms with Crippen LogP contribution in [0, 0.1) is 68.4 Å². The van der Waals surface area contributed by atoms with Crippen LogP contribution in [0.5, 0.6) is 5.75 Å². The van der Waals surface area contributed by atoms with Crippen molar-refractivity contribution in [3.05, 3.63) is 131 Å². The van der Waals surface area contributed by atoms with Gasteiger partial charge < -0.3 is 44.2 Å². The smallest absolute Gasteiger partial charge is 0.426 e. The first-order chi connectivity index (χ1) is 50.8. The highest BCUT2D eigenvalue weighted by Crippen LogP contribution is 2.64. The minimum absolute atomic E-state index is 0.00100. The van der Waals surface area contributed by atoms with Crippen LogP contribution in [-0.2, 0) is 59.5 Å². The Bertz CT molecular complexity index is 4180. The van der Waals surface area contributed by atoms with Gasteiger partial charge in [-0.25, -0.2) is 8.42 Å². The van der Waals surface area contributed by atoms with E-state index in [1.165, 1.54) is 43.5 Å². The number of carbonyl (C=O) groups excluding carboxylic acids is 5. The van der Waals surface area contributed by atoms with E-state index < -0.39 is 79.4 Å². The van der Waals surface area contributed by atoms with Crippen molar-refractivity contribution in [3.8, 4) is 23.0 Å². The highest BCUT2D eigenvalue weighted by atomic mass is 127. The first-order valence-corrected chi connectivity index (χ1v) is 44.1. The lowest BCUT2D eigenvalue weighted by Crippen LogP contribution is -2.61. The monoisotopic (exact) mass is 1880 g/mol. The highest BCUT2D eigenvalue weighted by molar-refractivity contribution is 14.1. The zero-order valence-corrected chi connectivity index (χ0v) is 73.8. The number of fused-ring (bicyclic) bond motifs is 3. The van der Waals surface area contributed by atoms with Gasteiger partial charge in [-0.15, -0.1) is 6.42 Å². The molecule has 5 aromatic carbocycles. The number of aliphatic carboxylic acids is 1. The van der Waals surface area contributed by atoms with Crippen LogP contribution in [0.15, 0.2) is 109 Å². The standard InChI is InChI=1S/C20H29F3O7S.C18H13S.C15H24O2.C12H22O2.C11H12I3NO2.C10H14O/c1-4-17(2,3)15(24)30-19-8-12-5-13(9-19)7-18(6-12,11-19)16(25)29-14(20(21,22)23)10-31(26,27)28;1-2-8-14(9-3-1)19-17-12-6-4-10-15(17)16-11-5-7-13-18(16)19;1-6-14(4,5)13(16)17-15(7-2)10-8-12(3)9-11-15;1-5-11(2,3)10(13)14-12(4)8-6-7-9-12;1-2-5(11(16)17)3-6-7(12)4-8(13)10(15)9(6)14;1-3-8(2)9-5-4-6-10(11)7-9/h12-14H,4-11H2,1-3H3,(H,26,27,28);1-13H;2,12H,6,8-11H2,1,3-5H3;5-9H2,1-4H3;4-5H,2-3,15H2,1H3,(H,16,17);4-8,11H,3H2,1-2H3/q;+1;;;;/p-2. The molecule has 3 N–H and O–H groups in total. The van der Waals surface area contributed by atoms with Crippen molar-refractivity contribution < 1.29 is 79.3 Å². The maximum Gasteiger partial charge on any atom is 0.426 e. The Kier molecular flexibility index (Phi) is 33.3. The summed E-state index contributed by atoms with van der Waals surface area (Å²) >= 11 is 6.59. The fraction of sp³-hybridized carbons (Fsp3) is 0.570. The normalized spacial score (nSPS) is 22.1. The number of halogens is 6. The summed E-state index contributed by atoms with van der Waals surface area (Å²) in [4.78, 5) is 62.0. The van der Waals surface area contributed by atoms with Crippen molar-refractivity contribution in [2.75, 3.05) is 11.5 Å². The van der Waals surface area contributed by atoms with E-state index in [1.807, 2.05) is 79.7 Å². The number of carboxylic acids is 1. The zero-order valence-electron chi connectivity index (χ0n) is 65.7. The van der Waals surface area contributed by atoms with Gasteiger partial charge in [0, 0.05) is 50.3 Å². The molecule has 6 aliphatic carbocycles. The number of aromatic hydroxyl groups is 1. The number of esters is 4. The summed E-state index contributed by atoms with van der Waals surface area (Å²) in [5.41, 5.74) is 4.38. The number of thiophene rings is 1. The molecule has 600 valence electrons. The number of hydrogen-bond acceptors (Lipinski definition) is 15. The number of phenolic OH excluding ortho intramolecular Hbond substituents is 1. The number of ether oxygens (including phenoxy) is 4. The van der Waals surface area contributed by atoms with Crippen molar-refractivity contribution in [1.82, 2.24) is 0 Å². The molecule has 4 bridgehead atoms. The molecule has 6 saturated carbocycles. The molecule has 15 nitrogen and oxygen atoms in total. The molecule has 0 aliphatic heterocycles. The molecule has 5 unspecified atom stereocenters. The van der Waals surface area contributed by atoms with Gasteiger partial charge in [0.1, 0.15) is 17.0 Å². The number of phenols is 1. The molecule has 109 heavy (non-hydrogen) atoms. The number of nitrogen functional groups attached to an aromatic ring is 1. The highest BCUT2D eigenvalue weighted by Gasteiger charge is 2.64. The van der Waals surface area contributed by atoms with Gasteiger partial charge in [0.2, 0.25) is 6.10 Å². The second-order valence-electron chi connectivity index (χ2n) is 32.6. The van der Waals surface area contributed by atoms with E-state index in [9.17, 15) is 55.2 Å². The predicted octanol–water partition coefficient (Wildman–Crippen LogP) is 21.2. The summed E-state index contributed by atoms with van der Waals surface area (Å²) in [6.45, 7) is 27.5. The molecule has 0 radical (unpaired) electrons. The van der Waals surface area contributed by atoms with Crippen molar-refractivity contribution in [2.45, 2.75) is 260 Å². The molecule has 0 amide bonds. The molecule has 1 aromatic heterocycles. The Labute approximate surface area is 688 Å². The number of rotatable bonds is 20. The van der Waals surface area contributed by atoms with Gasteiger partial charge in [0.05, 0.1) is 43.2 Å². The second kappa shape index (κ2) is 39.2. The van der Waals surface area contributed by atoms with Crippen LogP contribution < -0.4 is 10.8 Å². The van der Waals surface area contributed by atoms with Gasteiger partial charge in [-0.3, -0.25) is 19.2 Å². The van der Waals surface area contributed by atoms with E-state index in [4.69, 9.17) is 31.5 Å². The molecule has 6 aliphatic rings. The summed E-state index contributed by atoms with van der Waals surface area (Å²) in [7, 11) is -5.21. The van der Waals surface area contributed by atoms with Crippen molar-refractivity contribution in [3.63, 3.8) is 0 Å². The number of terminal acetylenes is 1. The summed E-state index contributed by atoms with van der Waals surface area (Å²) in [5, 5.41) is 22.9. The van der Waals surface area contributed by atoms with Crippen LogP contribution in [0.25, 0.3) is 25.1 Å². The Morgan fingerprint density at radius 1 is 0.697 bits per heavy atom. The average molecular weight is 1890 g/mol. The maximum absolute atomic E-state index is 13.3. The molecular formula is C86H112F3I3NO14S2-. The molecular weight excluding hydrogens is 1770 g/mol. The average Bonchev–Trinajstić information content (AvgIpc) is 1.45. The van der Waals surface area contributed by atoms with Gasteiger partial charge >= 0.3 is 30.1 Å². The number of nitrogens with two attached hydrogens (primary N) is 1. The van der Waals surface area contributed by atoms with Crippen molar-refractivity contribution >= 4 is 144 Å². The number of hydrogen-bond donors (Lipinski definition) is 2. The fourth-order valence-electron chi connectivity index (χ4n) is 14.6. The van der Waals surface area contributed by atoms with E-state index in [2.05, 4.69) is 185 Å². The quantitative estimate of drug-likeness (QED) is 0.0137. The lowest BCUT2D eigenvalue weighted by atomic mass is 9.48. The number of carboxylic acid groups (broad SMARTS) is 1. The summed E-state index contributed by atoms with van der Waals surface area (Å²) in [6.07, 6.45) is 12.3. The van der Waals surface area contributed by atoms with Gasteiger partial charge in [0.25, 0.3) is 0 Å². The van der Waals surface area contributed by atoms with Gasteiger partial charge in [-0.2, -0.15) is 13.2 Å². The molecule has 5 atom stereocenters. The zero-order chi connectivity index (χ0) is 81.5. The number of carbonyl (C=O) groups is 5. The third-order valence-corrected chi connectivity index (χ3v) is 28.9. The van der Waals surface area contributed by atoms with E-state index >= 15 is 0 Å². The van der Waals surface area contributed by atoms with Crippen LogP contribution in [0.4, 0.5) is 18.9 Å². The van der Waals surface area contributed by atoms with Crippen LogP contribution in [0.1, 0.15) is 236 Å². The number of alkyl halides is 3. The molecule has 0 spiro atoms. The van der Waals surface area contributed by atoms with Crippen LogP contribution in [0.3, 0.4) is 0 Å². The van der Waals surface area contributed by atoms with E-state index in [0.29, 0.717) is 62.5 Å². The number of benzene rings is 5. The van der Waals surface area contributed by atoms with E-state index in [0.717, 1.165) is 86.2 Å². The topological polar surface area (TPSA) is 249 Å². The lowest BCUT2D eigenvalue weighted by Gasteiger charge is -2.60. The van der Waals surface area contributed by atoms with Gasteiger partial charge in [-0.1, -0.05) is 109 Å². The molecule has 6 fully saturated rings. The van der Waals surface area contributed by atoms with E-state index in [-0.39, 0.29) is 51.7 Å².